The number of thiazole rings is 1. The van der Waals surface area contributed by atoms with Gasteiger partial charge in [0.2, 0.25) is 0 Å². The molecular formula is C12H17N3OS. The van der Waals surface area contributed by atoms with Crippen molar-refractivity contribution < 1.29 is 5.11 Å². The Bertz CT molecular complexity index is 504. The SMILES string of the molecule is CCn1nc(C)cc1CC(O)c1csc(C)n1. The van der Waals surface area contributed by atoms with Gasteiger partial charge in [-0.15, -0.1) is 11.3 Å². The number of aromatic nitrogens is 3. The van der Waals surface area contributed by atoms with Crippen LogP contribution in [-0.4, -0.2) is 19.9 Å². The molecule has 0 bridgehead atoms. The Kier molecular flexibility index (Phi) is 3.59. The van der Waals surface area contributed by atoms with E-state index in [0.29, 0.717) is 6.42 Å². The van der Waals surface area contributed by atoms with Crippen molar-refractivity contribution in [3.05, 3.63) is 33.5 Å². The first kappa shape index (κ1) is 12.3. The summed E-state index contributed by atoms with van der Waals surface area (Å²) in [4.78, 5) is 4.31. The molecule has 2 aromatic rings. The van der Waals surface area contributed by atoms with Crippen LogP contribution in [0.4, 0.5) is 0 Å². The molecule has 0 saturated carbocycles. The van der Waals surface area contributed by atoms with Gasteiger partial charge in [0, 0.05) is 24.0 Å². The van der Waals surface area contributed by atoms with E-state index in [0.717, 1.165) is 28.6 Å². The zero-order chi connectivity index (χ0) is 12.4. The molecule has 0 amide bonds. The second-order valence-electron chi connectivity index (χ2n) is 4.10. The average Bonchev–Trinajstić information content (AvgIpc) is 2.85. The number of aliphatic hydroxyl groups excluding tert-OH is 1. The van der Waals surface area contributed by atoms with Gasteiger partial charge in [0.25, 0.3) is 0 Å². The number of rotatable bonds is 4. The quantitative estimate of drug-likeness (QED) is 0.906. The second kappa shape index (κ2) is 4.98. The molecule has 92 valence electrons. The molecule has 2 rings (SSSR count). The summed E-state index contributed by atoms with van der Waals surface area (Å²) in [6.45, 7) is 6.79. The molecule has 0 saturated heterocycles. The molecule has 1 atom stereocenters. The van der Waals surface area contributed by atoms with Gasteiger partial charge in [-0.05, 0) is 26.8 Å². The molecule has 17 heavy (non-hydrogen) atoms. The molecule has 5 heteroatoms. The summed E-state index contributed by atoms with van der Waals surface area (Å²) < 4.78 is 1.93. The van der Waals surface area contributed by atoms with Crippen LogP contribution in [-0.2, 0) is 13.0 Å². The lowest BCUT2D eigenvalue weighted by atomic mass is 10.1. The third-order valence-electron chi connectivity index (χ3n) is 2.67. The summed E-state index contributed by atoms with van der Waals surface area (Å²) in [6.07, 6.45) is 0.0269. The van der Waals surface area contributed by atoms with Crippen LogP contribution in [0, 0.1) is 13.8 Å². The Morgan fingerprint density at radius 3 is 2.82 bits per heavy atom. The van der Waals surface area contributed by atoms with E-state index in [1.807, 2.05) is 30.0 Å². The van der Waals surface area contributed by atoms with Crippen molar-refractivity contribution in [2.75, 3.05) is 0 Å². The Hall–Kier alpha value is -1.20. The highest BCUT2D eigenvalue weighted by Gasteiger charge is 2.14. The predicted molar refractivity (Wildman–Crippen MR) is 68.2 cm³/mol. The minimum absolute atomic E-state index is 0.540. The van der Waals surface area contributed by atoms with Crippen molar-refractivity contribution in [1.29, 1.82) is 0 Å². The number of hydrogen-bond donors (Lipinski definition) is 1. The lowest BCUT2D eigenvalue weighted by Gasteiger charge is -2.09. The zero-order valence-electron chi connectivity index (χ0n) is 10.3. The van der Waals surface area contributed by atoms with Gasteiger partial charge >= 0.3 is 0 Å². The third-order valence-corrected chi connectivity index (χ3v) is 3.46. The Balaban J connectivity index is 2.14. The highest BCUT2D eigenvalue weighted by molar-refractivity contribution is 7.09. The van der Waals surface area contributed by atoms with Gasteiger partial charge < -0.3 is 5.11 Å². The van der Waals surface area contributed by atoms with Gasteiger partial charge in [-0.2, -0.15) is 5.10 Å². The molecule has 0 aliphatic rings. The molecule has 0 aliphatic carbocycles. The Labute approximate surface area is 105 Å². The molecule has 0 fully saturated rings. The van der Waals surface area contributed by atoms with Gasteiger partial charge in [0.05, 0.1) is 16.4 Å². The Morgan fingerprint density at radius 2 is 2.24 bits per heavy atom. The van der Waals surface area contributed by atoms with E-state index < -0.39 is 6.10 Å². The van der Waals surface area contributed by atoms with E-state index in [9.17, 15) is 5.11 Å². The van der Waals surface area contributed by atoms with Crippen molar-refractivity contribution >= 4 is 11.3 Å². The number of hydrogen-bond acceptors (Lipinski definition) is 4. The van der Waals surface area contributed by atoms with Gasteiger partial charge in [-0.1, -0.05) is 0 Å². The predicted octanol–water partition coefficient (Wildman–Crippen LogP) is 2.25. The standard InChI is InChI=1S/C12H17N3OS/c1-4-15-10(5-8(2)14-15)6-12(16)11-7-17-9(3)13-11/h5,7,12,16H,4,6H2,1-3H3. The van der Waals surface area contributed by atoms with Crippen LogP contribution in [0.3, 0.4) is 0 Å². The van der Waals surface area contributed by atoms with Gasteiger partial charge in [-0.25, -0.2) is 4.98 Å². The van der Waals surface area contributed by atoms with E-state index in [4.69, 9.17) is 0 Å². The first-order chi connectivity index (χ1) is 8.10. The minimum Gasteiger partial charge on any atom is -0.386 e. The summed E-state index contributed by atoms with van der Waals surface area (Å²) in [6, 6.07) is 2.02. The summed E-state index contributed by atoms with van der Waals surface area (Å²) in [5.41, 5.74) is 2.81. The first-order valence-electron chi connectivity index (χ1n) is 5.73. The maximum absolute atomic E-state index is 10.1. The van der Waals surface area contributed by atoms with Crippen molar-refractivity contribution in [2.45, 2.75) is 39.8 Å². The van der Waals surface area contributed by atoms with Crippen molar-refractivity contribution in [3.63, 3.8) is 0 Å². The summed E-state index contributed by atoms with van der Waals surface area (Å²) in [5, 5.41) is 17.4. The summed E-state index contributed by atoms with van der Waals surface area (Å²) >= 11 is 1.56. The largest absolute Gasteiger partial charge is 0.386 e. The van der Waals surface area contributed by atoms with Gasteiger partial charge in [0.15, 0.2) is 0 Å². The number of nitrogens with zero attached hydrogens (tertiary/aromatic N) is 3. The normalized spacial score (nSPS) is 12.9. The lowest BCUT2D eigenvalue weighted by Crippen LogP contribution is -2.08. The smallest absolute Gasteiger partial charge is 0.102 e. The number of aryl methyl sites for hydroxylation is 3. The van der Waals surface area contributed by atoms with E-state index in [1.165, 1.54) is 0 Å². The highest BCUT2D eigenvalue weighted by atomic mass is 32.1. The van der Waals surface area contributed by atoms with Crippen molar-refractivity contribution in [2.24, 2.45) is 0 Å². The van der Waals surface area contributed by atoms with E-state index >= 15 is 0 Å². The Morgan fingerprint density at radius 1 is 1.47 bits per heavy atom. The van der Waals surface area contributed by atoms with Crippen LogP contribution in [0.2, 0.25) is 0 Å². The molecule has 4 nitrogen and oxygen atoms in total. The van der Waals surface area contributed by atoms with Crippen LogP contribution < -0.4 is 0 Å². The van der Waals surface area contributed by atoms with Crippen molar-refractivity contribution in [3.8, 4) is 0 Å². The van der Waals surface area contributed by atoms with E-state index in [-0.39, 0.29) is 0 Å². The van der Waals surface area contributed by atoms with Gasteiger partial charge in [0.1, 0.15) is 6.10 Å². The maximum atomic E-state index is 10.1. The summed E-state index contributed by atoms with van der Waals surface area (Å²) in [5.74, 6) is 0. The molecule has 0 aliphatic heterocycles. The van der Waals surface area contributed by atoms with Gasteiger partial charge in [-0.3, -0.25) is 4.68 Å². The molecule has 2 aromatic heterocycles. The monoisotopic (exact) mass is 251 g/mol. The van der Waals surface area contributed by atoms with Crippen LogP contribution in [0.25, 0.3) is 0 Å². The van der Waals surface area contributed by atoms with Crippen LogP contribution in [0.1, 0.15) is 35.1 Å². The van der Waals surface area contributed by atoms with Crippen molar-refractivity contribution in [1.82, 2.24) is 14.8 Å². The number of aliphatic hydroxyl groups is 1. The van der Waals surface area contributed by atoms with E-state index in [1.54, 1.807) is 11.3 Å². The van der Waals surface area contributed by atoms with Crippen LogP contribution >= 0.6 is 11.3 Å². The molecule has 2 heterocycles. The van der Waals surface area contributed by atoms with Crippen LogP contribution in [0.15, 0.2) is 11.4 Å². The first-order valence-corrected chi connectivity index (χ1v) is 6.61. The minimum atomic E-state index is -0.540. The topological polar surface area (TPSA) is 50.9 Å². The lowest BCUT2D eigenvalue weighted by molar-refractivity contribution is 0.171. The van der Waals surface area contributed by atoms with E-state index in [2.05, 4.69) is 17.0 Å². The van der Waals surface area contributed by atoms with Crippen LogP contribution in [0.5, 0.6) is 0 Å². The highest BCUT2D eigenvalue weighted by Crippen LogP contribution is 2.20. The second-order valence-corrected chi connectivity index (χ2v) is 5.17. The fourth-order valence-electron chi connectivity index (χ4n) is 1.87. The molecule has 0 spiro atoms. The fraction of sp³-hybridized carbons (Fsp3) is 0.500. The molecule has 1 N–H and O–H groups in total. The fourth-order valence-corrected chi connectivity index (χ4v) is 2.53. The maximum Gasteiger partial charge on any atom is 0.102 e. The third kappa shape index (κ3) is 2.73. The molecule has 0 radical (unpaired) electrons. The molecular weight excluding hydrogens is 234 g/mol. The molecule has 1 unspecified atom stereocenters. The zero-order valence-corrected chi connectivity index (χ0v) is 11.2. The average molecular weight is 251 g/mol. The summed E-state index contributed by atoms with van der Waals surface area (Å²) in [7, 11) is 0. The molecule has 0 aromatic carbocycles.